The quantitative estimate of drug-likeness (QED) is 0.895. The zero-order valence-electron chi connectivity index (χ0n) is 13.9. The zero-order chi connectivity index (χ0) is 16.4. The maximum atomic E-state index is 13.2. The first kappa shape index (κ1) is 14.1. The van der Waals surface area contributed by atoms with Gasteiger partial charge in [-0.3, -0.25) is 4.79 Å². The van der Waals surface area contributed by atoms with E-state index in [-0.39, 0.29) is 17.0 Å². The smallest absolute Gasteiger partial charge is 0.164 e. The lowest BCUT2D eigenvalue weighted by Crippen LogP contribution is -2.50. The van der Waals surface area contributed by atoms with E-state index in [2.05, 4.69) is 46.7 Å². The molecule has 5 rings (SSSR count). The highest BCUT2D eigenvalue weighted by Gasteiger charge is 2.57. The number of hydrogen-bond acceptors (Lipinski definition) is 4. The average Bonchev–Trinajstić information content (AvgIpc) is 3.15. The second-order valence-corrected chi connectivity index (χ2v) is 7.62. The number of carbonyl (C=O) groups excluding carboxylic acids is 1. The molecule has 2 heterocycles. The van der Waals surface area contributed by atoms with Crippen LogP contribution in [0, 0.1) is 5.41 Å². The number of benzene rings is 1. The standard InChI is InChI=1S/C20H21N3O/c1-2-20(13-6-4-3-5-7-13)14-12-21-23-18(14)22-15-10-19(8-9-19)11-16(24)17(15)20/h3-7,12,18,22H,2,8-11H2,1H3/t18?,20-/m1/s1. The Morgan fingerprint density at radius 3 is 2.71 bits per heavy atom. The molecule has 1 aromatic carbocycles. The SMILES string of the molecule is CC[C@@]1(c2ccccc2)C2=CN=NC2NC2=C1C(=O)CC1(CC1)C2. The van der Waals surface area contributed by atoms with Crippen LogP contribution >= 0.6 is 0 Å². The third kappa shape index (κ3) is 1.71. The minimum Gasteiger partial charge on any atom is -0.362 e. The van der Waals surface area contributed by atoms with Crippen molar-refractivity contribution >= 4 is 5.78 Å². The highest BCUT2D eigenvalue weighted by Crippen LogP contribution is 2.60. The van der Waals surface area contributed by atoms with Crippen molar-refractivity contribution in [1.82, 2.24) is 5.32 Å². The van der Waals surface area contributed by atoms with Crippen LogP contribution in [0.5, 0.6) is 0 Å². The minimum absolute atomic E-state index is 0.120. The summed E-state index contributed by atoms with van der Waals surface area (Å²) >= 11 is 0. The van der Waals surface area contributed by atoms with E-state index in [1.54, 1.807) is 0 Å². The monoisotopic (exact) mass is 319 g/mol. The third-order valence-electron chi connectivity index (χ3n) is 6.33. The van der Waals surface area contributed by atoms with Gasteiger partial charge in [-0.05, 0) is 36.7 Å². The van der Waals surface area contributed by atoms with Gasteiger partial charge in [-0.25, -0.2) is 0 Å². The number of Topliss-reactive ketones (excluding diaryl/α,β-unsaturated/α-hetero) is 1. The van der Waals surface area contributed by atoms with Gasteiger partial charge in [0.15, 0.2) is 11.9 Å². The molecule has 0 aromatic heterocycles. The number of allylic oxidation sites excluding steroid dienone is 2. The first-order valence-electron chi connectivity index (χ1n) is 8.88. The van der Waals surface area contributed by atoms with Crippen molar-refractivity contribution in [2.75, 3.05) is 0 Å². The molecule has 4 aliphatic rings. The van der Waals surface area contributed by atoms with Crippen LogP contribution in [0.3, 0.4) is 0 Å². The van der Waals surface area contributed by atoms with Gasteiger partial charge in [0.2, 0.25) is 0 Å². The van der Waals surface area contributed by atoms with E-state index in [4.69, 9.17) is 0 Å². The zero-order valence-corrected chi connectivity index (χ0v) is 13.9. The molecule has 4 nitrogen and oxygen atoms in total. The van der Waals surface area contributed by atoms with E-state index < -0.39 is 0 Å². The van der Waals surface area contributed by atoms with Crippen LogP contribution in [0.1, 0.15) is 44.6 Å². The molecule has 122 valence electrons. The summed E-state index contributed by atoms with van der Waals surface area (Å²) in [5.74, 6) is 0.318. The normalized spacial score (nSPS) is 32.3. The van der Waals surface area contributed by atoms with Crippen LogP contribution in [0.2, 0.25) is 0 Å². The second kappa shape index (κ2) is 4.65. The van der Waals surface area contributed by atoms with Crippen LogP contribution in [0.15, 0.2) is 63.6 Å². The molecule has 4 heteroatoms. The molecular weight excluding hydrogens is 298 g/mol. The lowest BCUT2D eigenvalue weighted by atomic mass is 9.60. The Balaban J connectivity index is 1.77. The fourth-order valence-electron chi connectivity index (χ4n) is 4.95. The van der Waals surface area contributed by atoms with Crippen LogP contribution in [0.4, 0.5) is 0 Å². The summed E-state index contributed by atoms with van der Waals surface area (Å²) in [7, 11) is 0. The van der Waals surface area contributed by atoms with Crippen molar-refractivity contribution < 1.29 is 4.79 Å². The molecular formula is C20H21N3O. The summed E-state index contributed by atoms with van der Waals surface area (Å²) in [5.41, 5.74) is 4.25. The van der Waals surface area contributed by atoms with Crippen LogP contribution in [0.25, 0.3) is 0 Å². The van der Waals surface area contributed by atoms with Gasteiger partial charge in [0.25, 0.3) is 0 Å². The van der Waals surface area contributed by atoms with Crippen molar-refractivity contribution in [2.24, 2.45) is 15.6 Å². The first-order chi connectivity index (χ1) is 11.7. The van der Waals surface area contributed by atoms with E-state index >= 15 is 0 Å². The lowest BCUT2D eigenvalue weighted by molar-refractivity contribution is -0.118. The molecule has 0 saturated heterocycles. The number of ketones is 1. The number of hydrogen-bond donors (Lipinski definition) is 1. The van der Waals surface area contributed by atoms with Gasteiger partial charge >= 0.3 is 0 Å². The molecule has 1 spiro atoms. The van der Waals surface area contributed by atoms with Crippen molar-refractivity contribution in [2.45, 2.75) is 50.6 Å². The van der Waals surface area contributed by atoms with Gasteiger partial charge in [-0.15, -0.1) is 0 Å². The molecule has 1 unspecified atom stereocenters. The van der Waals surface area contributed by atoms with E-state index in [1.807, 2.05) is 12.3 Å². The Hall–Kier alpha value is -2.23. The second-order valence-electron chi connectivity index (χ2n) is 7.62. The molecule has 1 fully saturated rings. The van der Waals surface area contributed by atoms with Crippen LogP contribution in [-0.4, -0.2) is 11.9 Å². The molecule has 1 saturated carbocycles. The Kier molecular flexibility index (Phi) is 2.74. The number of nitrogens with zero attached hydrogens (tertiary/aromatic N) is 2. The molecule has 24 heavy (non-hydrogen) atoms. The summed E-state index contributed by atoms with van der Waals surface area (Å²) in [6.07, 6.45) is 6.64. The largest absolute Gasteiger partial charge is 0.362 e. The van der Waals surface area contributed by atoms with Crippen molar-refractivity contribution in [1.29, 1.82) is 0 Å². The number of carbonyl (C=O) groups is 1. The lowest BCUT2D eigenvalue weighted by Gasteiger charge is -2.46. The summed E-state index contributed by atoms with van der Waals surface area (Å²) < 4.78 is 0. The van der Waals surface area contributed by atoms with Gasteiger partial charge in [-0.1, -0.05) is 37.3 Å². The van der Waals surface area contributed by atoms with Crippen LogP contribution < -0.4 is 5.32 Å². The summed E-state index contributed by atoms with van der Waals surface area (Å²) in [5, 5.41) is 12.1. The fraction of sp³-hybridized carbons (Fsp3) is 0.450. The van der Waals surface area contributed by atoms with Gasteiger partial charge < -0.3 is 5.32 Å². The summed E-state index contributed by atoms with van der Waals surface area (Å²) in [4.78, 5) is 13.2. The predicted molar refractivity (Wildman–Crippen MR) is 91.2 cm³/mol. The van der Waals surface area contributed by atoms with E-state index in [1.165, 1.54) is 18.4 Å². The molecule has 2 aliphatic carbocycles. The molecule has 0 radical (unpaired) electrons. The van der Waals surface area contributed by atoms with E-state index in [9.17, 15) is 4.79 Å². The summed E-state index contributed by atoms with van der Waals surface area (Å²) in [6, 6.07) is 10.4. The molecule has 1 aromatic rings. The number of fused-ring (bicyclic) bond motifs is 1. The van der Waals surface area contributed by atoms with Gasteiger partial charge in [0, 0.05) is 23.3 Å². The Labute approximate surface area is 141 Å². The van der Waals surface area contributed by atoms with E-state index in [0.717, 1.165) is 29.7 Å². The number of rotatable bonds is 2. The molecule has 2 atom stereocenters. The maximum Gasteiger partial charge on any atom is 0.164 e. The van der Waals surface area contributed by atoms with Crippen molar-refractivity contribution in [3.05, 3.63) is 58.9 Å². The predicted octanol–water partition coefficient (Wildman–Crippen LogP) is 4.01. The van der Waals surface area contributed by atoms with Crippen molar-refractivity contribution in [3.63, 3.8) is 0 Å². The number of azo groups is 1. The van der Waals surface area contributed by atoms with Gasteiger partial charge in [0.1, 0.15) is 0 Å². The Bertz CT molecular complexity index is 817. The minimum atomic E-state index is -0.385. The number of nitrogens with one attached hydrogen (secondary N) is 1. The van der Waals surface area contributed by atoms with Crippen molar-refractivity contribution in [3.8, 4) is 0 Å². The first-order valence-corrected chi connectivity index (χ1v) is 8.88. The molecule has 1 N–H and O–H groups in total. The summed E-state index contributed by atoms with van der Waals surface area (Å²) in [6.45, 7) is 2.17. The highest BCUT2D eigenvalue weighted by molar-refractivity contribution is 6.01. The van der Waals surface area contributed by atoms with Gasteiger partial charge in [0.05, 0.1) is 11.6 Å². The third-order valence-corrected chi connectivity index (χ3v) is 6.33. The van der Waals surface area contributed by atoms with E-state index in [0.29, 0.717) is 12.2 Å². The maximum absolute atomic E-state index is 13.2. The fourth-order valence-corrected chi connectivity index (χ4v) is 4.95. The topological polar surface area (TPSA) is 53.8 Å². The molecule has 0 amide bonds. The Morgan fingerprint density at radius 2 is 2.00 bits per heavy atom. The molecule has 0 bridgehead atoms. The molecule has 2 aliphatic heterocycles. The average molecular weight is 319 g/mol. The Morgan fingerprint density at radius 1 is 1.21 bits per heavy atom. The highest BCUT2D eigenvalue weighted by atomic mass is 16.1. The van der Waals surface area contributed by atoms with Crippen LogP contribution in [-0.2, 0) is 10.2 Å². The van der Waals surface area contributed by atoms with Gasteiger partial charge in [-0.2, -0.15) is 10.2 Å².